The number of unbranched alkanes of at least 4 members (excludes halogenated alkanes) is 1. The van der Waals surface area contributed by atoms with Crippen LogP contribution in [0.25, 0.3) is 0 Å². The largest absolute Gasteiger partial charge is 0.526 e. The predicted molar refractivity (Wildman–Crippen MR) is 70.7 cm³/mol. The lowest BCUT2D eigenvalue weighted by Gasteiger charge is -2.24. The first-order valence-corrected chi connectivity index (χ1v) is 8.48. The van der Waals surface area contributed by atoms with Gasteiger partial charge in [0.05, 0.1) is 5.76 Å². The second-order valence-electron chi connectivity index (χ2n) is 4.61. The molecule has 94 valence electrons. The maximum Gasteiger partial charge on any atom is 0.382 e. The van der Waals surface area contributed by atoms with Gasteiger partial charge in [-0.1, -0.05) is 26.2 Å². The number of hydrogen-bond acceptors (Lipinski definition) is 2. The minimum absolute atomic E-state index is 0.780. The summed E-state index contributed by atoms with van der Waals surface area (Å²) in [6, 6.07) is 1.14. The Morgan fingerprint density at radius 1 is 1.38 bits per heavy atom. The average Bonchev–Trinajstić information content (AvgIpc) is 2.20. The van der Waals surface area contributed by atoms with Crippen LogP contribution < -0.4 is 0 Å². The van der Waals surface area contributed by atoms with Crippen molar-refractivity contribution in [3.05, 3.63) is 11.8 Å². The van der Waals surface area contributed by atoms with Gasteiger partial charge in [-0.2, -0.15) is 0 Å². The standard InChI is InChI=1S/C13H26O2Si/c1-4-6-10-16(14-5-2)15-12(3)11-13-8-7-9-13/h11,13,16H,4-10H2,1-3H3. The van der Waals surface area contributed by atoms with Crippen LogP contribution in [0.4, 0.5) is 0 Å². The molecule has 0 spiro atoms. The van der Waals surface area contributed by atoms with Gasteiger partial charge in [-0.25, -0.2) is 0 Å². The van der Waals surface area contributed by atoms with Crippen LogP contribution in [-0.4, -0.2) is 15.9 Å². The molecule has 0 aromatic heterocycles. The SMILES string of the molecule is CCCC[SiH](OCC)OC(C)=CC1CCC1. The minimum Gasteiger partial charge on any atom is -0.526 e. The second kappa shape index (κ2) is 7.90. The van der Waals surface area contributed by atoms with Crippen molar-refractivity contribution in [3.63, 3.8) is 0 Å². The highest BCUT2D eigenvalue weighted by Gasteiger charge is 2.17. The smallest absolute Gasteiger partial charge is 0.382 e. The Bertz CT molecular complexity index is 212. The highest BCUT2D eigenvalue weighted by atomic mass is 28.3. The van der Waals surface area contributed by atoms with Gasteiger partial charge >= 0.3 is 9.28 Å². The van der Waals surface area contributed by atoms with E-state index >= 15 is 0 Å². The Hall–Kier alpha value is -0.283. The number of rotatable bonds is 8. The number of hydrogen-bond donors (Lipinski definition) is 0. The molecule has 1 rings (SSSR count). The van der Waals surface area contributed by atoms with Gasteiger partial charge in [-0.3, -0.25) is 0 Å². The molecule has 0 amide bonds. The molecule has 0 aliphatic heterocycles. The van der Waals surface area contributed by atoms with E-state index in [-0.39, 0.29) is 0 Å². The lowest BCUT2D eigenvalue weighted by Crippen LogP contribution is -2.22. The van der Waals surface area contributed by atoms with Crippen LogP contribution in [0.5, 0.6) is 0 Å². The Labute approximate surface area is 102 Å². The lowest BCUT2D eigenvalue weighted by atomic mass is 9.85. The van der Waals surface area contributed by atoms with Gasteiger partial charge in [-0.15, -0.1) is 0 Å². The number of allylic oxidation sites excluding steroid dienone is 2. The monoisotopic (exact) mass is 242 g/mol. The van der Waals surface area contributed by atoms with Gasteiger partial charge in [-0.05, 0) is 44.7 Å². The zero-order valence-electron chi connectivity index (χ0n) is 11.0. The summed E-state index contributed by atoms with van der Waals surface area (Å²) >= 11 is 0. The van der Waals surface area contributed by atoms with Crippen LogP contribution in [0.15, 0.2) is 11.8 Å². The molecule has 3 heteroatoms. The van der Waals surface area contributed by atoms with E-state index in [0.717, 1.165) is 24.3 Å². The summed E-state index contributed by atoms with van der Waals surface area (Å²) in [6.07, 6.45) is 8.83. The molecule has 0 N–H and O–H groups in total. The third-order valence-corrected chi connectivity index (χ3v) is 5.30. The van der Waals surface area contributed by atoms with Crippen molar-refractivity contribution >= 4 is 9.28 Å². The van der Waals surface area contributed by atoms with Gasteiger partial charge in [0.15, 0.2) is 0 Å². The molecule has 0 heterocycles. The van der Waals surface area contributed by atoms with Crippen molar-refractivity contribution in [1.82, 2.24) is 0 Å². The molecule has 1 saturated carbocycles. The topological polar surface area (TPSA) is 18.5 Å². The third-order valence-electron chi connectivity index (χ3n) is 3.08. The fourth-order valence-corrected chi connectivity index (χ4v) is 3.88. The molecule has 1 unspecified atom stereocenters. The van der Waals surface area contributed by atoms with Gasteiger partial charge < -0.3 is 8.85 Å². The first-order valence-electron chi connectivity index (χ1n) is 6.73. The van der Waals surface area contributed by atoms with Crippen molar-refractivity contribution in [2.24, 2.45) is 5.92 Å². The normalized spacial score (nSPS) is 19.3. The van der Waals surface area contributed by atoms with Gasteiger partial charge in [0.1, 0.15) is 0 Å². The van der Waals surface area contributed by atoms with Crippen molar-refractivity contribution in [3.8, 4) is 0 Å². The third kappa shape index (κ3) is 5.17. The Balaban J connectivity index is 2.30. The van der Waals surface area contributed by atoms with Crippen molar-refractivity contribution in [2.75, 3.05) is 6.61 Å². The molecule has 16 heavy (non-hydrogen) atoms. The quantitative estimate of drug-likeness (QED) is 0.476. The van der Waals surface area contributed by atoms with Crippen LogP contribution in [0.1, 0.15) is 52.9 Å². The first-order chi connectivity index (χ1) is 7.76. The molecule has 1 aliphatic carbocycles. The average molecular weight is 242 g/mol. The van der Waals surface area contributed by atoms with E-state index in [1.165, 1.54) is 32.1 Å². The molecule has 0 bridgehead atoms. The highest BCUT2D eigenvalue weighted by Crippen LogP contribution is 2.28. The van der Waals surface area contributed by atoms with E-state index in [0.29, 0.717) is 0 Å². The van der Waals surface area contributed by atoms with Crippen molar-refractivity contribution in [1.29, 1.82) is 0 Å². The Morgan fingerprint density at radius 2 is 2.12 bits per heavy atom. The Morgan fingerprint density at radius 3 is 2.62 bits per heavy atom. The Kier molecular flexibility index (Phi) is 6.81. The zero-order valence-corrected chi connectivity index (χ0v) is 12.2. The van der Waals surface area contributed by atoms with E-state index in [1.54, 1.807) is 0 Å². The van der Waals surface area contributed by atoms with Crippen molar-refractivity contribution < 1.29 is 8.85 Å². The fraction of sp³-hybridized carbons (Fsp3) is 0.846. The maximum atomic E-state index is 5.98. The highest BCUT2D eigenvalue weighted by molar-refractivity contribution is 6.44. The first kappa shape index (κ1) is 13.8. The van der Waals surface area contributed by atoms with E-state index < -0.39 is 9.28 Å². The summed E-state index contributed by atoms with van der Waals surface area (Å²) < 4.78 is 11.7. The van der Waals surface area contributed by atoms with E-state index in [9.17, 15) is 0 Å². The zero-order chi connectivity index (χ0) is 11.8. The van der Waals surface area contributed by atoms with Crippen LogP contribution >= 0.6 is 0 Å². The molecule has 0 radical (unpaired) electrons. The predicted octanol–water partition coefficient (Wildman–Crippen LogP) is 3.76. The molecular formula is C13H26O2Si. The minimum atomic E-state index is -1.42. The molecule has 0 aromatic rings. The summed E-state index contributed by atoms with van der Waals surface area (Å²) in [4.78, 5) is 0. The summed E-state index contributed by atoms with van der Waals surface area (Å²) in [5.41, 5.74) is 0. The van der Waals surface area contributed by atoms with E-state index in [1.807, 2.05) is 0 Å². The van der Waals surface area contributed by atoms with Gasteiger partial charge in [0, 0.05) is 6.61 Å². The summed E-state index contributed by atoms with van der Waals surface area (Å²) in [6.45, 7) is 7.15. The molecule has 0 saturated heterocycles. The van der Waals surface area contributed by atoms with E-state index in [4.69, 9.17) is 8.85 Å². The summed E-state index contributed by atoms with van der Waals surface area (Å²) in [5.74, 6) is 1.88. The molecule has 1 fully saturated rings. The van der Waals surface area contributed by atoms with Gasteiger partial charge in [0.2, 0.25) is 0 Å². The molecule has 1 atom stereocenters. The van der Waals surface area contributed by atoms with Crippen LogP contribution in [0.3, 0.4) is 0 Å². The van der Waals surface area contributed by atoms with Crippen LogP contribution in [0, 0.1) is 5.92 Å². The van der Waals surface area contributed by atoms with E-state index in [2.05, 4.69) is 26.8 Å². The maximum absolute atomic E-state index is 5.98. The van der Waals surface area contributed by atoms with Crippen LogP contribution in [0.2, 0.25) is 6.04 Å². The van der Waals surface area contributed by atoms with Gasteiger partial charge in [0.25, 0.3) is 0 Å². The fourth-order valence-electron chi connectivity index (χ4n) is 1.92. The molecule has 0 aromatic carbocycles. The second-order valence-corrected chi connectivity index (χ2v) is 6.62. The summed E-state index contributed by atoms with van der Waals surface area (Å²) in [5, 5.41) is 0. The molecular weight excluding hydrogens is 216 g/mol. The van der Waals surface area contributed by atoms with Crippen LogP contribution in [-0.2, 0) is 8.85 Å². The summed E-state index contributed by atoms with van der Waals surface area (Å²) in [7, 11) is -1.42. The molecule has 1 aliphatic rings. The van der Waals surface area contributed by atoms with Crippen molar-refractivity contribution in [2.45, 2.75) is 58.9 Å². The lowest BCUT2D eigenvalue weighted by molar-refractivity contribution is 0.243. The molecule has 2 nitrogen and oxygen atoms in total.